The second-order valence-electron chi connectivity index (χ2n) is 5.89. The van der Waals surface area contributed by atoms with Crippen LogP contribution in [0.1, 0.15) is 17.0 Å². The minimum Gasteiger partial charge on any atom is -0.484 e. The van der Waals surface area contributed by atoms with Crippen molar-refractivity contribution in [2.24, 2.45) is 0 Å². The number of amides is 2. The molecular formula is C22H20N2O3. The van der Waals surface area contributed by atoms with Gasteiger partial charge in [-0.2, -0.15) is 0 Å². The van der Waals surface area contributed by atoms with Crippen molar-refractivity contribution in [3.05, 3.63) is 102 Å². The Hall–Kier alpha value is -3.60. The molecular weight excluding hydrogens is 340 g/mol. The second-order valence-corrected chi connectivity index (χ2v) is 5.89. The van der Waals surface area contributed by atoms with Gasteiger partial charge in [-0.1, -0.05) is 78.9 Å². The van der Waals surface area contributed by atoms with Gasteiger partial charge in [-0.25, -0.2) is 0 Å². The fourth-order valence-corrected chi connectivity index (χ4v) is 2.69. The topological polar surface area (TPSA) is 67.4 Å². The molecule has 0 aliphatic carbocycles. The van der Waals surface area contributed by atoms with Crippen LogP contribution in [0.25, 0.3) is 0 Å². The normalized spacial score (nSPS) is 10.3. The first kappa shape index (κ1) is 18.2. The molecule has 0 spiro atoms. The molecule has 136 valence electrons. The SMILES string of the molecule is O=C(COc1ccccc1)NNC(=O)C(c1ccccc1)c1ccccc1. The van der Waals surface area contributed by atoms with Crippen molar-refractivity contribution in [2.45, 2.75) is 5.92 Å². The summed E-state index contributed by atoms with van der Waals surface area (Å²) >= 11 is 0. The van der Waals surface area contributed by atoms with E-state index in [0.717, 1.165) is 11.1 Å². The minimum absolute atomic E-state index is 0.189. The number of para-hydroxylation sites is 1. The van der Waals surface area contributed by atoms with Crippen molar-refractivity contribution in [1.29, 1.82) is 0 Å². The predicted molar refractivity (Wildman–Crippen MR) is 103 cm³/mol. The molecule has 2 N–H and O–H groups in total. The molecule has 0 aliphatic heterocycles. The van der Waals surface area contributed by atoms with Crippen molar-refractivity contribution in [1.82, 2.24) is 10.9 Å². The summed E-state index contributed by atoms with van der Waals surface area (Å²) in [5.41, 5.74) is 6.59. The molecule has 5 heteroatoms. The number of carbonyl (C=O) groups excluding carboxylic acids is 2. The molecule has 0 aromatic heterocycles. The van der Waals surface area contributed by atoms with Crippen molar-refractivity contribution in [3.63, 3.8) is 0 Å². The van der Waals surface area contributed by atoms with E-state index in [1.165, 1.54) is 0 Å². The maximum atomic E-state index is 12.8. The van der Waals surface area contributed by atoms with Crippen LogP contribution < -0.4 is 15.6 Å². The lowest BCUT2D eigenvalue weighted by molar-refractivity contribution is -0.130. The highest BCUT2D eigenvalue weighted by Gasteiger charge is 2.22. The van der Waals surface area contributed by atoms with Crippen LogP contribution in [0.5, 0.6) is 5.75 Å². The van der Waals surface area contributed by atoms with Gasteiger partial charge in [0.05, 0.1) is 5.92 Å². The van der Waals surface area contributed by atoms with Gasteiger partial charge in [-0.05, 0) is 23.3 Å². The maximum absolute atomic E-state index is 12.8. The highest BCUT2D eigenvalue weighted by molar-refractivity contribution is 5.89. The van der Waals surface area contributed by atoms with Crippen molar-refractivity contribution < 1.29 is 14.3 Å². The third-order valence-corrected chi connectivity index (χ3v) is 3.97. The summed E-state index contributed by atoms with van der Waals surface area (Å²) in [7, 11) is 0. The molecule has 0 bridgehead atoms. The van der Waals surface area contributed by atoms with Crippen LogP contribution in [-0.2, 0) is 9.59 Å². The van der Waals surface area contributed by atoms with Crippen molar-refractivity contribution in [3.8, 4) is 5.75 Å². The number of hydrogen-bond acceptors (Lipinski definition) is 3. The van der Waals surface area contributed by atoms with Gasteiger partial charge in [0.2, 0.25) is 5.91 Å². The molecule has 27 heavy (non-hydrogen) atoms. The summed E-state index contributed by atoms with van der Waals surface area (Å²) < 4.78 is 5.37. The number of nitrogens with one attached hydrogen (secondary N) is 2. The molecule has 3 rings (SSSR count). The van der Waals surface area contributed by atoms with Crippen LogP contribution in [0.4, 0.5) is 0 Å². The second kappa shape index (κ2) is 9.20. The first-order valence-electron chi connectivity index (χ1n) is 8.60. The fourth-order valence-electron chi connectivity index (χ4n) is 2.69. The Morgan fingerprint density at radius 2 is 1.19 bits per heavy atom. The molecule has 0 atom stereocenters. The van der Waals surface area contributed by atoms with Crippen LogP contribution >= 0.6 is 0 Å². The van der Waals surface area contributed by atoms with Crippen LogP contribution in [0.15, 0.2) is 91.0 Å². The van der Waals surface area contributed by atoms with Gasteiger partial charge in [0.15, 0.2) is 6.61 Å². The van der Waals surface area contributed by atoms with Gasteiger partial charge in [-0.3, -0.25) is 20.4 Å². The molecule has 3 aromatic rings. The molecule has 3 aromatic carbocycles. The zero-order valence-electron chi connectivity index (χ0n) is 14.7. The first-order chi connectivity index (χ1) is 13.2. The molecule has 5 nitrogen and oxygen atoms in total. The van der Waals surface area contributed by atoms with E-state index in [1.54, 1.807) is 12.1 Å². The van der Waals surface area contributed by atoms with Gasteiger partial charge in [0.25, 0.3) is 5.91 Å². The number of hydrogen-bond donors (Lipinski definition) is 2. The lowest BCUT2D eigenvalue weighted by atomic mass is 9.91. The van der Waals surface area contributed by atoms with E-state index >= 15 is 0 Å². The van der Waals surface area contributed by atoms with Gasteiger partial charge in [-0.15, -0.1) is 0 Å². The molecule has 0 fully saturated rings. The highest BCUT2D eigenvalue weighted by Crippen LogP contribution is 2.24. The third-order valence-electron chi connectivity index (χ3n) is 3.97. The number of benzene rings is 3. The van der Waals surface area contributed by atoms with Gasteiger partial charge < -0.3 is 4.74 Å². The molecule has 2 amide bonds. The van der Waals surface area contributed by atoms with Gasteiger partial charge >= 0.3 is 0 Å². The largest absolute Gasteiger partial charge is 0.484 e. The lowest BCUT2D eigenvalue weighted by Gasteiger charge is -2.18. The summed E-state index contributed by atoms with van der Waals surface area (Å²) in [5, 5.41) is 0. The van der Waals surface area contributed by atoms with E-state index in [1.807, 2.05) is 78.9 Å². The van der Waals surface area contributed by atoms with Crippen LogP contribution in [-0.4, -0.2) is 18.4 Å². The summed E-state index contributed by atoms with van der Waals surface area (Å²) in [5.74, 6) is -0.694. The first-order valence-corrected chi connectivity index (χ1v) is 8.60. The van der Waals surface area contributed by atoms with E-state index in [-0.39, 0.29) is 12.5 Å². The highest BCUT2D eigenvalue weighted by atomic mass is 16.5. The summed E-state index contributed by atoms with van der Waals surface area (Å²) in [6.07, 6.45) is 0. The Kier molecular flexibility index (Phi) is 6.20. The molecule has 0 radical (unpaired) electrons. The van der Waals surface area contributed by atoms with Crippen molar-refractivity contribution >= 4 is 11.8 Å². The summed E-state index contributed by atoms with van der Waals surface area (Å²) in [6, 6.07) is 27.9. The number of ether oxygens (including phenoxy) is 1. The average molecular weight is 360 g/mol. The zero-order valence-corrected chi connectivity index (χ0v) is 14.7. The Labute approximate surface area is 158 Å². The fraction of sp³-hybridized carbons (Fsp3) is 0.0909. The molecule has 0 heterocycles. The summed E-state index contributed by atoms with van der Waals surface area (Å²) in [6.45, 7) is -0.189. The molecule has 0 aliphatic rings. The van der Waals surface area contributed by atoms with Crippen LogP contribution in [0.3, 0.4) is 0 Å². The number of rotatable bonds is 6. The lowest BCUT2D eigenvalue weighted by Crippen LogP contribution is -2.46. The van der Waals surface area contributed by atoms with E-state index in [0.29, 0.717) is 5.75 Å². The van der Waals surface area contributed by atoms with Crippen molar-refractivity contribution in [2.75, 3.05) is 6.61 Å². The molecule has 0 unspecified atom stereocenters. The van der Waals surface area contributed by atoms with E-state index < -0.39 is 11.8 Å². The number of hydrazine groups is 1. The average Bonchev–Trinajstić information content (AvgIpc) is 2.73. The van der Waals surface area contributed by atoms with Gasteiger partial charge in [0.1, 0.15) is 5.75 Å². The minimum atomic E-state index is -0.525. The smallest absolute Gasteiger partial charge is 0.276 e. The monoisotopic (exact) mass is 360 g/mol. The Morgan fingerprint density at radius 1 is 0.704 bits per heavy atom. The summed E-state index contributed by atoms with van der Waals surface area (Å²) in [4.78, 5) is 24.7. The Morgan fingerprint density at radius 3 is 1.70 bits per heavy atom. The standard InChI is InChI=1S/C22H20N2O3/c25-20(16-27-19-14-8-3-9-15-19)23-24-22(26)21(17-10-4-1-5-11-17)18-12-6-2-7-13-18/h1-15,21H,16H2,(H,23,25)(H,24,26). The maximum Gasteiger partial charge on any atom is 0.276 e. The molecule has 0 saturated carbocycles. The quantitative estimate of drug-likeness (QED) is 0.664. The van der Waals surface area contributed by atoms with Crippen LogP contribution in [0, 0.1) is 0 Å². The van der Waals surface area contributed by atoms with E-state index in [2.05, 4.69) is 10.9 Å². The third kappa shape index (κ3) is 5.19. The number of carbonyl (C=O) groups is 2. The Bertz CT molecular complexity index is 828. The zero-order chi connectivity index (χ0) is 18.9. The Balaban J connectivity index is 1.62. The van der Waals surface area contributed by atoms with Crippen LogP contribution in [0.2, 0.25) is 0 Å². The molecule has 0 saturated heterocycles. The van der Waals surface area contributed by atoms with E-state index in [9.17, 15) is 9.59 Å². The van der Waals surface area contributed by atoms with Gasteiger partial charge in [0, 0.05) is 0 Å². The predicted octanol–water partition coefficient (Wildman–Crippen LogP) is 3.04. The van der Waals surface area contributed by atoms with E-state index in [4.69, 9.17) is 4.74 Å².